The molecule has 96 valence electrons. The van der Waals surface area contributed by atoms with Crippen molar-refractivity contribution in [2.24, 2.45) is 0 Å². The Bertz CT molecular complexity index is 563. The molecule has 1 nitrogen and oxygen atoms in total. The first kappa shape index (κ1) is 13.3. The normalized spacial score (nSPS) is 12.8. The van der Waals surface area contributed by atoms with Gasteiger partial charge in [-0.3, -0.25) is 0 Å². The van der Waals surface area contributed by atoms with Gasteiger partial charge in [-0.2, -0.15) is 0 Å². The van der Waals surface area contributed by atoms with Crippen LogP contribution in [-0.2, 0) is 0 Å². The lowest BCUT2D eigenvalue weighted by molar-refractivity contribution is 0.502. The van der Waals surface area contributed by atoms with Crippen LogP contribution in [0, 0.1) is 33.5 Å². The molecule has 2 rings (SSSR count). The van der Waals surface area contributed by atoms with Gasteiger partial charge in [-0.15, -0.1) is 0 Å². The highest BCUT2D eigenvalue weighted by atomic mass is 79.9. The minimum absolute atomic E-state index is 0.0351. The Morgan fingerprint density at radius 3 is 2.06 bits per heavy atom. The molecule has 2 aromatic rings. The Hall–Kier alpha value is -1.09. The second kappa shape index (κ2) is 4.88. The van der Waals surface area contributed by atoms with Crippen molar-refractivity contribution in [3.05, 3.63) is 57.8 Å². The number of rotatable bonds is 2. The molecule has 18 heavy (non-hydrogen) atoms. The summed E-state index contributed by atoms with van der Waals surface area (Å²) < 4.78 is 19.2. The third-order valence-electron chi connectivity index (χ3n) is 3.10. The summed E-state index contributed by atoms with van der Waals surface area (Å²) in [5.74, 6) is 1.66. The van der Waals surface area contributed by atoms with E-state index in [4.69, 9.17) is 4.42 Å². The standard InChI is InChI=1S/C15H16BrFO/c1-8-5-12(6-9(2)15(8)17)14(16)13-7-10(3)18-11(13)4/h5-7,14H,1-4H3. The second-order valence-electron chi connectivity index (χ2n) is 4.70. The van der Waals surface area contributed by atoms with Gasteiger partial charge >= 0.3 is 0 Å². The molecule has 0 saturated carbocycles. The zero-order valence-corrected chi connectivity index (χ0v) is 12.6. The molecule has 0 bridgehead atoms. The fourth-order valence-corrected chi connectivity index (χ4v) is 2.93. The van der Waals surface area contributed by atoms with Gasteiger partial charge in [0, 0.05) is 5.56 Å². The molecule has 1 aromatic heterocycles. The summed E-state index contributed by atoms with van der Waals surface area (Å²) in [7, 11) is 0. The quantitative estimate of drug-likeness (QED) is 0.700. The van der Waals surface area contributed by atoms with Gasteiger partial charge in [0.1, 0.15) is 17.3 Å². The van der Waals surface area contributed by atoms with Gasteiger partial charge in [-0.1, -0.05) is 28.1 Å². The first-order valence-corrected chi connectivity index (χ1v) is 6.79. The van der Waals surface area contributed by atoms with Crippen molar-refractivity contribution in [2.45, 2.75) is 32.5 Å². The lowest BCUT2D eigenvalue weighted by Crippen LogP contribution is -1.97. The van der Waals surface area contributed by atoms with E-state index < -0.39 is 0 Å². The highest BCUT2D eigenvalue weighted by Crippen LogP contribution is 2.35. The van der Waals surface area contributed by atoms with Crippen LogP contribution in [-0.4, -0.2) is 0 Å². The molecular formula is C15H16BrFO. The maximum absolute atomic E-state index is 13.6. The Labute approximate surface area is 115 Å². The number of furan rings is 1. The maximum atomic E-state index is 13.6. The largest absolute Gasteiger partial charge is 0.466 e. The van der Waals surface area contributed by atoms with Gasteiger partial charge in [-0.05, 0) is 50.5 Å². The van der Waals surface area contributed by atoms with E-state index in [0.717, 1.165) is 22.6 Å². The number of alkyl halides is 1. The molecule has 1 unspecified atom stereocenters. The molecule has 0 fully saturated rings. The zero-order chi connectivity index (χ0) is 13.4. The van der Waals surface area contributed by atoms with Crippen molar-refractivity contribution in [3.63, 3.8) is 0 Å². The topological polar surface area (TPSA) is 13.1 Å². The minimum atomic E-state index is -0.126. The molecule has 1 heterocycles. The molecule has 0 aliphatic rings. The highest BCUT2D eigenvalue weighted by molar-refractivity contribution is 9.09. The summed E-state index contributed by atoms with van der Waals surface area (Å²) >= 11 is 3.67. The minimum Gasteiger partial charge on any atom is -0.466 e. The monoisotopic (exact) mass is 310 g/mol. The first-order chi connectivity index (χ1) is 8.40. The molecule has 1 atom stereocenters. The summed E-state index contributed by atoms with van der Waals surface area (Å²) in [6.45, 7) is 7.45. The lowest BCUT2D eigenvalue weighted by atomic mass is 10.0. The van der Waals surface area contributed by atoms with E-state index in [-0.39, 0.29) is 10.6 Å². The van der Waals surface area contributed by atoms with E-state index in [9.17, 15) is 4.39 Å². The third kappa shape index (κ3) is 2.37. The van der Waals surface area contributed by atoms with E-state index in [1.54, 1.807) is 13.8 Å². The van der Waals surface area contributed by atoms with Crippen LogP contribution in [0.4, 0.5) is 4.39 Å². The summed E-state index contributed by atoms with van der Waals surface area (Å²) in [5.41, 5.74) is 3.49. The van der Waals surface area contributed by atoms with Crippen molar-refractivity contribution in [1.29, 1.82) is 0 Å². The molecule has 0 aliphatic carbocycles. The summed E-state index contributed by atoms with van der Waals surface area (Å²) in [6.07, 6.45) is 0. The maximum Gasteiger partial charge on any atom is 0.129 e. The van der Waals surface area contributed by atoms with Gasteiger partial charge in [0.05, 0.1) is 4.83 Å². The number of halogens is 2. The molecule has 0 N–H and O–H groups in total. The van der Waals surface area contributed by atoms with Gasteiger partial charge in [0.15, 0.2) is 0 Å². The van der Waals surface area contributed by atoms with Gasteiger partial charge in [0.25, 0.3) is 0 Å². The van der Waals surface area contributed by atoms with Crippen molar-refractivity contribution in [1.82, 2.24) is 0 Å². The van der Waals surface area contributed by atoms with Crippen LogP contribution in [0.3, 0.4) is 0 Å². The van der Waals surface area contributed by atoms with Crippen LogP contribution in [0.1, 0.15) is 38.6 Å². The van der Waals surface area contributed by atoms with E-state index in [1.165, 1.54) is 0 Å². The van der Waals surface area contributed by atoms with E-state index in [0.29, 0.717) is 11.1 Å². The molecule has 0 saturated heterocycles. The Morgan fingerprint density at radius 2 is 1.61 bits per heavy atom. The van der Waals surface area contributed by atoms with Gasteiger partial charge in [0.2, 0.25) is 0 Å². The highest BCUT2D eigenvalue weighted by Gasteiger charge is 2.18. The van der Waals surface area contributed by atoms with Crippen LogP contribution < -0.4 is 0 Å². The molecule has 0 aliphatic heterocycles. The molecular weight excluding hydrogens is 295 g/mol. The van der Waals surface area contributed by atoms with Gasteiger partial charge in [-0.25, -0.2) is 4.39 Å². The first-order valence-electron chi connectivity index (χ1n) is 5.87. The van der Waals surface area contributed by atoms with Gasteiger partial charge < -0.3 is 4.42 Å². The summed E-state index contributed by atoms with van der Waals surface area (Å²) in [6, 6.07) is 5.77. The summed E-state index contributed by atoms with van der Waals surface area (Å²) in [5, 5.41) is 0. The second-order valence-corrected chi connectivity index (χ2v) is 5.62. The predicted molar refractivity (Wildman–Crippen MR) is 74.8 cm³/mol. The lowest BCUT2D eigenvalue weighted by Gasteiger charge is -2.12. The fraction of sp³-hybridized carbons (Fsp3) is 0.333. The number of aryl methyl sites for hydroxylation is 4. The van der Waals surface area contributed by atoms with Crippen molar-refractivity contribution in [3.8, 4) is 0 Å². The average molecular weight is 311 g/mol. The van der Waals surface area contributed by atoms with Crippen LogP contribution in [0.25, 0.3) is 0 Å². The van der Waals surface area contributed by atoms with E-state index in [1.807, 2.05) is 32.0 Å². The molecule has 0 radical (unpaired) electrons. The van der Waals surface area contributed by atoms with Crippen molar-refractivity contribution in [2.75, 3.05) is 0 Å². The van der Waals surface area contributed by atoms with E-state index >= 15 is 0 Å². The smallest absolute Gasteiger partial charge is 0.129 e. The molecule has 0 amide bonds. The Balaban J connectivity index is 2.46. The van der Waals surface area contributed by atoms with Crippen LogP contribution in [0.2, 0.25) is 0 Å². The number of hydrogen-bond acceptors (Lipinski definition) is 1. The fourth-order valence-electron chi connectivity index (χ4n) is 2.21. The number of hydrogen-bond donors (Lipinski definition) is 0. The third-order valence-corrected chi connectivity index (χ3v) is 4.13. The molecule has 1 aromatic carbocycles. The van der Waals surface area contributed by atoms with Crippen LogP contribution in [0.5, 0.6) is 0 Å². The number of benzene rings is 1. The van der Waals surface area contributed by atoms with Crippen molar-refractivity contribution < 1.29 is 8.81 Å². The van der Waals surface area contributed by atoms with Crippen LogP contribution in [0.15, 0.2) is 22.6 Å². The summed E-state index contributed by atoms with van der Waals surface area (Å²) in [4.78, 5) is 0.0351. The zero-order valence-electron chi connectivity index (χ0n) is 11.0. The SMILES string of the molecule is Cc1cc(C(Br)c2cc(C)c(F)c(C)c2)c(C)o1. The van der Waals surface area contributed by atoms with Crippen LogP contribution >= 0.6 is 15.9 Å². The predicted octanol–water partition coefficient (Wildman–Crippen LogP) is 5.14. The Kier molecular flexibility index (Phi) is 3.62. The molecule has 0 spiro atoms. The Morgan fingerprint density at radius 1 is 1.06 bits per heavy atom. The molecule has 3 heteroatoms. The average Bonchev–Trinajstić information content (AvgIpc) is 2.63. The van der Waals surface area contributed by atoms with E-state index in [2.05, 4.69) is 15.9 Å². The van der Waals surface area contributed by atoms with Crippen molar-refractivity contribution >= 4 is 15.9 Å².